The molecule has 1 heterocycles. The number of benzene rings is 1. The molecule has 6 nitrogen and oxygen atoms in total. The van der Waals surface area contributed by atoms with Gasteiger partial charge in [0.05, 0.1) is 6.61 Å². The van der Waals surface area contributed by atoms with Gasteiger partial charge in [-0.05, 0) is 30.7 Å². The summed E-state index contributed by atoms with van der Waals surface area (Å²) in [6.07, 6.45) is 1.41. The van der Waals surface area contributed by atoms with Crippen molar-refractivity contribution in [3.8, 4) is 5.75 Å². The molecular formula is C19H29N3O3. The first-order valence-corrected chi connectivity index (χ1v) is 9.15. The normalized spacial score (nSPS) is 14.9. The van der Waals surface area contributed by atoms with E-state index in [1.807, 2.05) is 6.92 Å². The zero-order chi connectivity index (χ0) is 17.9. The van der Waals surface area contributed by atoms with Crippen LogP contribution in [0.5, 0.6) is 5.75 Å². The van der Waals surface area contributed by atoms with Crippen molar-refractivity contribution >= 4 is 11.7 Å². The lowest BCUT2D eigenvalue weighted by molar-refractivity contribution is -0.121. The van der Waals surface area contributed by atoms with Crippen molar-refractivity contribution in [1.82, 2.24) is 15.5 Å². The fraction of sp³-hybridized carbons (Fsp3) is 0.579. The molecule has 2 rings (SSSR count). The largest absolute Gasteiger partial charge is 0.494 e. The van der Waals surface area contributed by atoms with Crippen molar-refractivity contribution in [2.24, 2.45) is 0 Å². The quantitative estimate of drug-likeness (QED) is 0.627. The topological polar surface area (TPSA) is 70.7 Å². The molecule has 1 saturated heterocycles. The molecule has 2 N–H and O–H groups in total. The van der Waals surface area contributed by atoms with E-state index in [1.165, 1.54) is 0 Å². The number of ether oxygens (including phenoxy) is 1. The van der Waals surface area contributed by atoms with Crippen LogP contribution in [-0.4, -0.2) is 62.5 Å². The highest BCUT2D eigenvalue weighted by molar-refractivity contribution is 5.98. The van der Waals surface area contributed by atoms with Crippen LogP contribution in [0.1, 0.15) is 36.5 Å². The van der Waals surface area contributed by atoms with Gasteiger partial charge in [-0.1, -0.05) is 6.92 Å². The van der Waals surface area contributed by atoms with Crippen LogP contribution in [0, 0.1) is 0 Å². The molecule has 0 saturated carbocycles. The predicted octanol–water partition coefficient (Wildman–Crippen LogP) is 1.46. The average molecular weight is 347 g/mol. The average Bonchev–Trinajstić information content (AvgIpc) is 2.65. The minimum atomic E-state index is -0.0635. The van der Waals surface area contributed by atoms with Gasteiger partial charge in [0, 0.05) is 57.7 Å². The van der Waals surface area contributed by atoms with E-state index in [4.69, 9.17) is 4.74 Å². The zero-order valence-electron chi connectivity index (χ0n) is 15.1. The fourth-order valence-corrected chi connectivity index (χ4v) is 2.70. The van der Waals surface area contributed by atoms with Gasteiger partial charge in [-0.2, -0.15) is 0 Å². The second-order valence-electron chi connectivity index (χ2n) is 6.24. The highest BCUT2D eigenvalue weighted by Gasteiger charge is 2.11. The molecular weight excluding hydrogens is 318 g/mol. The Morgan fingerprint density at radius 2 is 1.88 bits per heavy atom. The van der Waals surface area contributed by atoms with Crippen LogP contribution >= 0.6 is 0 Å². The first-order chi connectivity index (χ1) is 12.2. The predicted molar refractivity (Wildman–Crippen MR) is 98.1 cm³/mol. The standard InChI is InChI=1S/C19H29N3O3/c1-2-15-25-17-5-3-16(4-6-17)18(23)7-8-19(24)21-11-14-22-12-9-20-10-13-22/h3-6,20H,2,7-15H2,1H3,(H,21,24). The Kier molecular flexibility index (Phi) is 8.42. The number of carbonyl (C=O) groups is 2. The highest BCUT2D eigenvalue weighted by atomic mass is 16.5. The minimum Gasteiger partial charge on any atom is -0.494 e. The van der Waals surface area contributed by atoms with Crippen molar-refractivity contribution in [3.63, 3.8) is 0 Å². The van der Waals surface area contributed by atoms with Gasteiger partial charge < -0.3 is 15.4 Å². The summed E-state index contributed by atoms with van der Waals surface area (Å²) in [4.78, 5) is 26.4. The van der Waals surface area contributed by atoms with Gasteiger partial charge >= 0.3 is 0 Å². The van der Waals surface area contributed by atoms with E-state index in [1.54, 1.807) is 24.3 Å². The molecule has 1 aromatic carbocycles. The van der Waals surface area contributed by atoms with Crippen molar-refractivity contribution in [2.45, 2.75) is 26.2 Å². The SMILES string of the molecule is CCCOc1ccc(C(=O)CCC(=O)NCCN2CCNCC2)cc1. The molecule has 138 valence electrons. The van der Waals surface area contributed by atoms with Gasteiger partial charge in [0.2, 0.25) is 5.91 Å². The number of piperazine rings is 1. The van der Waals surface area contributed by atoms with Gasteiger partial charge in [-0.3, -0.25) is 14.5 Å². The lowest BCUT2D eigenvalue weighted by Crippen LogP contribution is -2.46. The smallest absolute Gasteiger partial charge is 0.220 e. The summed E-state index contributed by atoms with van der Waals surface area (Å²) in [5.41, 5.74) is 0.623. The number of nitrogens with zero attached hydrogens (tertiary/aromatic N) is 1. The number of hydrogen-bond donors (Lipinski definition) is 2. The molecule has 0 radical (unpaired) electrons. The molecule has 1 aliphatic heterocycles. The van der Waals surface area contributed by atoms with Crippen molar-refractivity contribution in [1.29, 1.82) is 0 Å². The number of carbonyl (C=O) groups excluding carboxylic acids is 2. The first kappa shape index (κ1) is 19.4. The van der Waals surface area contributed by atoms with Crippen LogP contribution < -0.4 is 15.4 Å². The Morgan fingerprint density at radius 1 is 1.16 bits per heavy atom. The second kappa shape index (κ2) is 10.8. The molecule has 0 aliphatic carbocycles. The maximum atomic E-state index is 12.2. The number of nitrogens with one attached hydrogen (secondary N) is 2. The lowest BCUT2D eigenvalue weighted by atomic mass is 10.1. The van der Waals surface area contributed by atoms with Gasteiger partial charge in [-0.15, -0.1) is 0 Å². The van der Waals surface area contributed by atoms with Crippen molar-refractivity contribution in [3.05, 3.63) is 29.8 Å². The molecule has 1 aliphatic rings. The molecule has 0 unspecified atom stereocenters. The van der Waals surface area contributed by atoms with E-state index in [0.717, 1.165) is 44.9 Å². The fourth-order valence-electron chi connectivity index (χ4n) is 2.70. The lowest BCUT2D eigenvalue weighted by Gasteiger charge is -2.27. The number of rotatable bonds is 10. The number of amides is 1. The van der Waals surface area contributed by atoms with Gasteiger partial charge in [-0.25, -0.2) is 0 Å². The summed E-state index contributed by atoms with van der Waals surface area (Å²) >= 11 is 0. The Hall–Kier alpha value is -1.92. The summed E-state index contributed by atoms with van der Waals surface area (Å²) in [6.45, 7) is 8.26. The molecule has 1 fully saturated rings. The van der Waals surface area contributed by atoms with E-state index < -0.39 is 0 Å². The molecule has 6 heteroatoms. The van der Waals surface area contributed by atoms with Crippen LogP contribution in [0.15, 0.2) is 24.3 Å². The minimum absolute atomic E-state index is 0.0145. The van der Waals surface area contributed by atoms with E-state index >= 15 is 0 Å². The number of ketones is 1. The van der Waals surface area contributed by atoms with Crippen LogP contribution in [-0.2, 0) is 4.79 Å². The number of hydrogen-bond acceptors (Lipinski definition) is 5. The number of Topliss-reactive ketones (excluding diaryl/α,β-unsaturated/α-hetero) is 1. The third-order valence-corrected chi connectivity index (χ3v) is 4.19. The van der Waals surface area contributed by atoms with Crippen molar-refractivity contribution in [2.75, 3.05) is 45.9 Å². The summed E-state index contributed by atoms with van der Waals surface area (Å²) in [6, 6.07) is 7.12. The zero-order valence-corrected chi connectivity index (χ0v) is 15.1. The molecule has 0 spiro atoms. The molecule has 0 bridgehead atoms. The molecule has 0 aromatic heterocycles. The monoisotopic (exact) mass is 347 g/mol. The summed E-state index contributed by atoms with van der Waals surface area (Å²) in [7, 11) is 0. The third kappa shape index (κ3) is 7.23. The second-order valence-corrected chi connectivity index (χ2v) is 6.24. The Bertz CT molecular complexity index is 539. The first-order valence-electron chi connectivity index (χ1n) is 9.15. The summed E-state index contributed by atoms with van der Waals surface area (Å²) in [5.74, 6) is 0.690. The van der Waals surface area contributed by atoms with Crippen LogP contribution in [0.3, 0.4) is 0 Å². The molecule has 1 aromatic rings. The highest BCUT2D eigenvalue weighted by Crippen LogP contribution is 2.14. The third-order valence-electron chi connectivity index (χ3n) is 4.19. The Balaban J connectivity index is 1.63. The molecule has 0 atom stereocenters. The maximum Gasteiger partial charge on any atom is 0.220 e. The van der Waals surface area contributed by atoms with Gasteiger partial charge in [0.25, 0.3) is 0 Å². The van der Waals surface area contributed by atoms with E-state index in [-0.39, 0.29) is 24.5 Å². The van der Waals surface area contributed by atoms with Crippen LogP contribution in [0.2, 0.25) is 0 Å². The van der Waals surface area contributed by atoms with E-state index in [2.05, 4.69) is 15.5 Å². The maximum absolute atomic E-state index is 12.2. The Morgan fingerprint density at radius 3 is 2.56 bits per heavy atom. The van der Waals surface area contributed by atoms with E-state index in [0.29, 0.717) is 18.7 Å². The van der Waals surface area contributed by atoms with Gasteiger partial charge in [0.15, 0.2) is 5.78 Å². The molecule has 1 amide bonds. The Labute approximate surface area is 149 Å². The van der Waals surface area contributed by atoms with Crippen LogP contribution in [0.25, 0.3) is 0 Å². The van der Waals surface area contributed by atoms with Crippen molar-refractivity contribution < 1.29 is 14.3 Å². The van der Waals surface area contributed by atoms with Gasteiger partial charge in [0.1, 0.15) is 5.75 Å². The summed E-state index contributed by atoms with van der Waals surface area (Å²) < 4.78 is 5.50. The van der Waals surface area contributed by atoms with E-state index in [9.17, 15) is 9.59 Å². The molecule has 25 heavy (non-hydrogen) atoms. The van der Waals surface area contributed by atoms with Crippen LogP contribution in [0.4, 0.5) is 0 Å². The summed E-state index contributed by atoms with van der Waals surface area (Å²) in [5, 5.41) is 6.20.